The van der Waals surface area contributed by atoms with E-state index in [-0.39, 0.29) is 17.4 Å². The maximum Gasteiger partial charge on any atom is 0.267 e. The van der Waals surface area contributed by atoms with Gasteiger partial charge in [-0.15, -0.1) is 11.3 Å². The quantitative estimate of drug-likeness (QED) is 0.938. The van der Waals surface area contributed by atoms with Crippen LogP contribution in [0.1, 0.15) is 32.6 Å². The van der Waals surface area contributed by atoms with Gasteiger partial charge in [0.15, 0.2) is 5.13 Å². The minimum absolute atomic E-state index is 0.0973. The average Bonchev–Trinajstić information content (AvgIpc) is 3.20. The van der Waals surface area contributed by atoms with Gasteiger partial charge in [-0.3, -0.25) is 14.9 Å². The number of carbonyl (C=O) groups excluding carboxylic acids is 1. The van der Waals surface area contributed by atoms with E-state index in [0.29, 0.717) is 5.13 Å². The van der Waals surface area contributed by atoms with Gasteiger partial charge in [0.25, 0.3) is 11.5 Å². The van der Waals surface area contributed by atoms with Crippen LogP contribution < -0.4 is 10.9 Å². The van der Waals surface area contributed by atoms with Crippen LogP contribution in [-0.2, 0) is 10.3 Å². The third-order valence-electron chi connectivity index (χ3n) is 4.42. The zero-order valence-corrected chi connectivity index (χ0v) is 13.2. The Kier molecular flexibility index (Phi) is 4.06. The molecule has 1 fully saturated rings. The van der Waals surface area contributed by atoms with E-state index in [0.717, 1.165) is 25.7 Å². The van der Waals surface area contributed by atoms with Gasteiger partial charge in [-0.1, -0.05) is 12.8 Å². The first kappa shape index (κ1) is 14.9. The van der Waals surface area contributed by atoms with Crippen molar-refractivity contribution < 1.29 is 4.79 Å². The summed E-state index contributed by atoms with van der Waals surface area (Å²) in [5.74, 6) is -0.129. The SMILES string of the molecule is CC(C(=O)Nc1nccs1)(C1CCCC1)n1ncccc1=O. The van der Waals surface area contributed by atoms with Gasteiger partial charge in [-0.2, -0.15) is 5.10 Å². The molecule has 1 amide bonds. The fourth-order valence-electron chi connectivity index (χ4n) is 3.16. The Morgan fingerprint density at radius 1 is 1.41 bits per heavy atom. The average molecular weight is 318 g/mol. The summed E-state index contributed by atoms with van der Waals surface area (Å²) in [5.41, 5.74) is -1.26. The smallest absolute Gasteiger partial charge is 0.267 e. The van der Waals surface area contributed by atoms with Crippen molar-refractivity contribution in [2.75, 3.05) is 5.32 Å². The van der Waals surface area contributed by atoms with Crippen LogP contribution in [0.25, 0.3) is 0 Å². The standard InChI is InChI=1S/C15H18N4O2S/c1-15(11-5-2-3-6-11,19-12(20)7-4-8-17-19)13(21)18-14-16-9-10-22-14/h4,7-11H,2-3,5-6H2,1H3,(H,16,18,21). The van der Waals surface area contributed by atoms with Gasteiger partial charge in [0.1, 0.15) is 5.54 Å². The zero-order valence-electron chi connectivity index (χ0n) is 12.4. The normalized spacial score (nSPS) is 18.0. The lowest BCUT2D eigenvalue weighted by atomic mass is 9.83. The van der Waals surface area contributed by atoms with Gasteiger partial charge in [-0.05, 0) is 31.7 Å². The first-order valence-electron chi connectivity index (χ1n) is 7.38. The number of thiazole rings is 1. The topological polar surface area (TPSA) is 76.9 Å². The zero-order chi connectivity index (χ0) is 15.6. The fraction of sp³-hybridized carbons (Fsp3) is 0.467. The molecule has 1 unspecified atom stereocenters. The van der Waals surface area contributed by atoms with E-state index in [1.54, 1.807) is 30.8 Å². The molecule has 6 nitrogen and oxygen atoms in total. The summed E-state index contributed by atoms with van der Waals surface area (Å²) in [6, 6.07) is 3.03. The van der Waals surface area contributed by atoms with Crippen LogP contribution in [0.3, 0.4) is 0 Å². The summed E-state index contributed by atoms with van der Waals surface area (Å²) >= 11 is 1.36. The number of hydrogen-bond acceptors (Lipinski definition) is 5. The number of anilines is 1. The number of rotatable bonds is 4. The predicted molar refractivity (Wildman–Crippen MR) is 84.8 cm³/mol. The minimum atomic E-state index is -0.999. The van der Waals surface area contributed by atoms with Crippen LogP contribution in [0, 0.1) is 5.92 Å². The molecule has 1 aliphatic carbocycles. The first-order valence-corrected chi connectivity index (χ1v) is 8.26. The number of aromatic nitrogens is 3. The Labute approximate surface area is 132 Å². The molecule has 1 saturated carbocycles. The summed E-state index contributed by atoms with van der Waals surface area (Å²) < 4.78 is 1.33. The molecule has 0 bridgehead atoms. The van der Waals surface area contributed by atoms with Crippen LogP contribution in [0.15, 0.2) is 34.7 Å². The molecule has 116 valence electrons. The van der Waals surface area contributed by atoms with Crippen molar-refractivity contribution in [3.05, 3.63) is 40.3 Å². The number of nitrogens with zero attached hydrogens (tertiary/aromatic N) is 3. The van der Waals surface area contributed by atoms with Gasteiger partial charge in [-0.25, -0.2) is 9.67 Å². The van der Waals surface area contributed by atoms with Crippen molar-refractivity contribution in [2.45, 2.75) is 38.1 Å². The number of hydrogen-bond donors (Lipinski definition) is 1. The molecule has 0 aliphatic heterocycles. The first-order chi connectivity index (χ1) is 10.6. The third kappa shape index (κ3) is 2.56. The van der Waals surface area contributed by atoms with Gasteiger partial charge in [0, 0.05) is 23.8 Å². The molecule has 1 N–H and O–H groups in total. The van der Waals surface area contributed by atoms with E-state index >= 15 is 0 Å². The molecule has 0 saturated heterocycles. The number of carbonyl (C=O) groups is 1. The highest BCUT2D eigenvalue weighted by Crippen LogP contribution is 2.38. The van der Waals surface area contributed by atoms with Crippen molar-refractivity contribution >= 4 is 22.4 Å². The second kappa shape index (κ2) is 6.00. The summed E-state index contributed by atoms with van der Waals surface area (Å²) in [7, 11) is 0. The molecule has 0 radical (unpaired) electrons. The van der Waals surface area contributed by atoms with Crippen LogP contribution in [0.5, 0.6) is 0 Å². The van der Waals surface area contributed by atoms with Gasteiger partial charge >= 0.3 is 0 Å². The van der Waals surface area contributed by atoms with Crippen molar-refractivity contribution in [1.82, 2.24) is 14.8 Å². The van der Waals surface area contributed by atoms with Crippen molar-refractivity contribution in [3.8, 4) is 0 Å². The molecule has 22 heavy (non-hydrogen) atoms. The number of amides is 1. The Hall–Kier alpha value is -2.02. The lowest BCUT2D eigenvalue weighted by Gasteiger charge is -2.34. The van der Waals surface area contributed by atoms with E-state index in [1.807, 2.05) is 0 Å². The summed E-state index contributed by atoms with van der Waals surface area (Å²) in [6.07, 6.45) is 7.18. The predicted octanol–water partition coefficient (Wildman–Crippen LogP) is 2.24. The van der Waals surface area contributed by atoms with Crippen LogP contribution in [0.4, 0.5) is 5.13 Å². The molecule has 2 aromatic rings. The van der Waals surface area contributed by atoms with Crippen molar-refractivity contribution in [3.63, 3.8) is 0 Å². The summed E-state index contributed by atoms with van der Waals surface area (Å²) in [5, 5.41) is 9.35. The van der Waals surface area contributed by atoms with E-state index in [2.05, 4.69) is 15.4 Å². The van der Waals surface area contributed by atoms with E-state index < -0.39 is 5.54 Å². The maximum absolute atomic E-state index is 12.9. The van der Waals surface area contributed by atoms with Crippen molar-refractivity contribution in [2.24, 2.45) is 5.92 Å². The molecular formula is C15H18N4O2S. The maximum atomic E-state index is 12.9. The van der Waals surface area contributed by atoms with Gasteiger partial charge in [0.05, 0.1) is 0 Å². The molecule has 0 aromatic carbocycles. The monoisotopic (exact) mass is 318 g/mol. The Morgan fingerprint density at radius 3 is 2.82 bits per heavy atom. The van der Waals surface area contributed by atoms with E-state index in [9.17, 15) is 9.59 Å². The van der Waals surface area contributed by atoms with Gasteiger partial charge in [0.2, 0.25) is 0 Å². The Balaban J connectivity index is 2.01. The van der Waals surface area contributed by atoms with Crippen LogP contribution in [0.2, 0.25) is 0 Å². The largest absolute Gasteiger partial charge is 0.300 e. The van der Waals surface area contributed by atoms with Crippen LogP contribution >= 0.6 is 11.3 Å². The Bertz CT molecular complexity index is 706. The molecule has 3 rings (SSSR count). The molecule has 1 aliphatic rings. The van der Waals surface area contributed by atoms with Crippen LogP contribution in [-0.4, -0.2) is 20.7 Å². The lowest BCUT2D eigenvalue weighted by Crippen LogP contribution is -2.53. The lowest BCUT2D eigenvalue weighted by molar-refractivity contribution is -0.127. The summed E-state index contributed by atoms with van der Waals surface area (Å²) in [6.45, 7) is 1.81. The molecule has 2 aromatic heterocycles. The second-order valence-electron chi connectivity index (χ2n) is 5.69. The third-order valence-corrected chi connectivity index (χ3v) is 5.11. The highest BCUT2D eigenvalue weighted by Gasteiger charge is 2.45. The Morgan fingerprint density at radius 2 is 2.18 bits per heavy atom. The highest BCUT2D eigenvalue weighted by atomic mass is 32.1. The van der Waals surface area contributed by atoms with E-state index in [4.69, 9.17) is 0 Å². The molecular weight excluding hydrogens is 300 g/mol. The molecule has 0 spiro atoms. The molecule has 2 heterocycles. The van der Waals surface area contributed by atoms with E-state index in [1.165, 1.54) is 22.1 Å². The second-order valence-corrected chi connectivity index (χ2v) is 6.59. The highest BCUT2D eigenvalue weighted by molar-refractivity contribution is 7.13. The summed E-state index contributed by atoms with van der Waals surface area (Å²) in [4.78, 5) is 29.3. The fourth-order valence-corrected chi connectivity index (χ4v) is 3.68. The number of nitrogens with one attached hydrogen (secondary N) is 1. The van der Waals surface area contributed by atoms with Crippen molar-refractivity contribution in [1.29, 1.82) is 0 Å². The molecule has 1 atom stereocenters. The molecule has 7 heteroatoms. The minimum Gasteiger partial charge on any atom is -0.300 e. The van der Waals surface area contributed by atoms with Gasteiger partial charge < -0.3 is 0 Å².